The summed E-state index contributed by atoms with van der Waals surface area (Å²) in [5, 5.41) is 21.5. The van der Waals surface area contributed by atoms with Crippen molar-refractivity contribution in [3.05, 3.63) is 50.5 Å². The molecule has 0 spiro atoms. The molecule has 142 valence electrons. The first-order valence-electron chi connectivity index (χ1n) is 7.93. The van der Waals surface area contributed by atoms with Crippen LogP contribution in [0.25, 0.3) is 0 Å². The van der Waals surface area contributed by atoms with Gasteiger partial charge in [-0.3, -0.25) is 15.1 Å². The van der Waals surface area contributed by atoms with Gasteiger partial charge >= 0.3 is 0 Å². The van der Waals surface area contributed by atoms with Crippen LogP contribution < -0.4 is 16.0 Å². The molecule has 0 bridgehead atoms. The van der Waals surface area contributed by atoms with Crippen molar-refractivity contribution in [1.82, 2.24) is 15.6 Å². The van der Waals surface area contributed by atoms with E-state index in [4.69, 9.17) is 0 Å². The second kappa shape index (κ2) is 11.6. The number of guanidine groups is 1. The van der Waals surface area contributed by atoms with Crippen molar-refractivity contribution in [1.29, 1.82) is 0 Å². The SMILES string of the molecule is CN=C(NCCNc1ccccc1[N+](=O)[O-])NCCc1ncc(C)s1.I. The maximum Gasteiger partial charge on any atom is 0.292 e. The summed E-state index contributed by atoms with van der Waals surface area (Å²) in [7, 11) is 1.71. The molecule has 0 saturated carbocycles. The molecular weight excluding hydrogens is 467 g/mol. The molecule has 0 aliphatic heterocycles. The predicted molar refractivity (Wildman–Crippen MR) is 117 cm³/mol. The molecule has 0 saturated heterocycles. The lowest BCUT2D eigenvalue weighted by molar-refractivity contribution is -0.384. The number of hydrogen-bond acceptors (Lipinski definition) is 6. The van der Waals surface area contributed by atoms with Crippen LogP contribution in [0.5, 0.6) is 0 Å². The lowest BCUT2D eigenvalue weighted by atomic mass is 10.2. The molecule has 0 aliphatic carbocycles. The van der Waals surface area contributed by atoms with Crippen molar-refractivity contribution >= 4 is 52.6 Å². The number of nitro benzene ring substituents is 1. The first-order valence-corrected chi connectivity index (χ1v) is 8.75. The van der Waals surface area contributed by atoms with Gasteiger partial charge in [0.25, 0.3) is 5.69 Å². The van der Waals surface area contributed by atoms with Crippen LogP contribution >= 0.6 is 35.3 Å². The number of anilines is 1. The Labute approximate surface area is 173 Å². The number of benzene rings is 1. The number of para-hydroxylation sites is 2. The summed E-state index contributed by atoms with van der Waals surface area (Å²) in [6.45, 7) is 3.91. The highest BCUT2D eigenvalue weighted by molar-refractivity contribution is 14.0. The fourth-order valence-corrected chi connectivity index (χ4v) is 2.97. The number of nitrogens with one attached hydrogen (secondary N) is 3. The van der Waals surface area contributed by atoms with Gasteiger partial charge in [0.1, 0.15) is 5.69 Å². The zero-order chi connectivity index (χ0) is 18.1. The van der Waals surface area contributed by atoms with Gasteiger partial charge in [0.2, 0.25) is 0 Å². The molecule has 8 nitrogen and oxygen atoms in total. The summed E-state index contributed by atoms with van der Waals surface area (Å²) in [4.78, 5) is 20.3. The minimum Gasteiger partial charge on any atom is -0.378 e. The van der Waals surface area contributed by atoms with Crippen molar-refractivity contribution < 1.29 is 4.92 Å². The average Bonchev–Trinajstić information content (AvgIpc) is 3.02. The van der Waals surface area contributed by atoms with E-state index < -0.39 is 4.92 Å². The number of aryl methyl sites for hydroxylation is 1. The van der Waals surface area contributed by atoms with Gasteiger partial charge in [-0.25, -0.2) is 4.98 Å². The van der Waals surface area contributed by atoms with E-state index in [1.807, 2.05) is 13.1 Å². The standard InChI is InChI=1S/C16H22N6O2S.HI/c1-12-11-21-15(25-12)7-8-19-16(17-2)20-10-9-18-13-5-3-4-6-14(13)22(23)24;/h3-6,11,18H,7-10H2,1-2H3,(H2,17,19,20);1H. The Hall–Kier alpha value is -1.95. The zero-order valence-corrected chi connectivity index (χ0v) is 17.8. The number of thiazole rings is 1. The van der Waals surface area contributed by atoms with Gasteiger partial charge in [0.15, 0.2) is 5.96 Å². The quantitative estimate of drug-likeness (QED) is 0.131. The summed E-state index contributed by atoms with van der Waals surface area (Å²) < 4.78 is 0. The molecule has 1 aromatic heterocycles. The minimum atomic E-state index is -0.392. The van der Waals surface area contributed by atoms with Crippen molar-refractivity contribution in [2.75, 3.05) is 32.0 Å². The highest BCUT2D eigenvalue weighted by Gasteiger charge is 2.11. The third-order valence-corrected chi connectivity index (χ3v) is 4.33. The normalized spacial score (nSPS) is 10.8. The van der Waals surface area contributed by atoms with E-state index in [-0.39, 0.29) is 29.7 Å². The summed E-state index contributed by atoms with van der Waals surface area (Å²) in [6, 6.07) is 6.60. The molecule has 0 aliphatic rings. The number of aromatic nitrogens is 1. The molecule has 0 fully saturated rings. The van der Waals surface area contributed by atoms with Crippen LogP contribution in [-0.4, -0.2) is 42.5 Å². The van der Waals surface area contributed by atoms with Crippen molar-refractivity contribution in [2.24, 2.45) is 4.99 Å². The zero-order valence-electron chi connectivity index (χ0n) is 14.7. The van der Waals surface area contributed by atoms with E-state index in [0.29, 0.717) is 24.7 Å². The van der Waals surface area contributed by atoms with E-state index in [1.165, 1.54) is 10.9 Å². The van der Waals surface area contributed by atoms with E-state index in [1.54, 1.807) is 36.6 Å². The molecule has 0 atom stereocenters. The third-order valence-electron chi connectivity index (χ3n) is 3.36. The van der Waals surface area contributed by atoms with Gasteiger partial charge < -0.3 is 16.0 Å². The Morgan fingerprint density at radius 1 is 1.27 bits per heavy atom. The Bertz CT molecular complexity index is 737. The lowest BCUT2D eigenvalue weighted by Gasteiger charge is -2.12. The number of hydrogen-bond donors (Lipinski definition) is 3. The summed E-state index contributed by atoms with van der Waals surface area (Å²) >= 11 is 1.69. The van der Waals surface area contributed by atoms with Crippen LogP contribution in [0.15, 0.2) is 35.5 Å². The number of rotatable bonds is 8. The van der Waals surface area contributed by atoms with Crippen LogP contribution in [0.2, 0.25) is 0 Å². The lowest BCUT2D eigenvalue weighted by Crippen LogP contribution is -2.40. The number of halogens is 1. The fraction of sp³-hybridized carbons (Fsp3) is 0.375. The van der Waals surface area contributed by atoms with Crippen molar-refractivity contribution in [3.63, 3.8) is 0 Å². The minimum absolute atomic E-state index is 0. The summed E-state index contributed by atoms with van der Waals surface area (Å²) in [5.74, 6) is 0.692. The van der Waals surface area contributed by atoms with Crippen LogP contribution in [-0.2, 0) is 6.42 Å². The van der Waals surface area contributed by atoms with Gasteiger partial charge in [-0.1, -0.05) is 12.1 Å². The molecule has 10 heteroatoms. The van der Waals surface area contributed by atoms with Gasteiger partial charge in [0, 0.05) is 50.2 Å². The Morgan fingerprint density at radius 3 is 2.65 bits per heavy atom. The Balaban J connectivity index is 0.00000338. The highest BCUT2D eigenvalue weighted by atomic mass is 127. The van der Waals surface area contributed by atoms with E-state index >= 15 is 0 Å². The molecule has 2 rings (SSSR count). The van der Waals surface area contributed by atoms with Crippen LogP contribution in [0.1, 0.15) is 9.88 Å². The second-order valence-electron chi connectivity index (χ2n) is 5.24. The predicted octanol–water partition coefficient (Wildman–Crippen LogP) is 2.80. The molecular formula is C16H23IN6O2S. The van der Waals surface area contributed by atoms with Gasteiger partial charge in [-0.2, -0.15) is 0 Å². The molecule has 1 heterocycles. The molecule has 2 aromatic rings. The number of nitro groups is 1. The van der Waals surface area contributed by atoms with Gasteiger partial charge in [-0.15, -0.1) is 35.3 Å². The average molecular weight is 490 g/mol. The van der Waals surface area contributed by atoms with E-state index in [9.17, 15) is 10.1 Å². The Morgan fingerprint density at radius 2 is 2.00 bits per heavy atom. The highest BCUT2D eigenvalue weighted by Crippen LogP contribution is 2.22. The molecule has 1 aromatic carbocycles. The monoisotopic (exact) mass is 490 g/mol. The summed E-state index contributed by atoms with van der Waals surface area (Å²) in [6.07, 6.45) is 2.72. The van der Waals surface area contributed by atoms with Gasteiger partial charge in [0.05, 0.1) is 9.93 Å². The maximum atomic E-state index is 11.0. The van der Waals surface area contributed by atoms with Crippen LogP contribution in [0.3, 0.4) is 0 Å². The first kappa shape index (κ1) is 22.1. The number of nitrogens with zero attached hydrogens (tertiary/aromatic N) is 3. The van der Waals surface area contributed by atoms with Crippen LogP contribution in [0.4, 0.5) is 11.4 Å². The smallest absolute Gasteiger partial charge is 0.292 e. The molecule has 3 N–H and O–H groups in total. The largest absolute Gasteiger partial charge is 0.378 e. The Kier molecular flexibility index (Phi) is 9.88. The van der Waals surface area contributed by atoms with E-state index in [2.05, 4.69) is 25.9 Å². The van der Waals surface area contributed by atoms with Gasteiger partial charge in [-0.05, 0) is 13.0 Å². The maximum absolute atomic E-state index is 11.0. The van der Waals surface area contributed by atoms with E-state index in [0.717, 1.165) is 18.0 Å². The van der Waals surface area contributed by atoms with Crippen LogP contribution in [0, 0.1) is 17.0 Å². The van der Waals surface area contributed by atoms with Crippen molar-refractivity contribution in [2.45, 2.75) is 13.3 Å². The molecule has 0 amide bonds. The van der Waals surface area contributed by atoms with Crippen molar-refractivity contribution in [3.8, 4) is 0 Å². The first-order chi connectivity index (χ1) is 12.1. The summed E-state index contributed by atoms with van der Waals surface area (Å²) in [5.41, 5.74) is 0.583. The topological polar surface area (TPSA) is 104 Å². The third kappa shape index (κ3) is 7.12. The number of aliphatic imine (C=N–C) groups is 1. The second-order valence-corrected chi connectivity index (χ2v) is 6.56. The molecule has 0 radical (unpaired) electrons. The fourth-order valence-electron chi connectivity index (χ4n) is 2.19. The molecule has 0 unspecified atom stereocenters. The molecule has 26 heavy (non-hydrogen) atoms.